The van der Waals surface area contributed by atoms with Crippen molar-refractivity contribution in [2.75, 3.05) is 0 Å². The third-order valence-electron chi connectivity index (χ3n) is 5.06. The molecule has 0 fully saturated rings. The lowest BCUT2D eigenvalue weighted by atomic mass is 9.89. The number of aliphatic hydroxyl groups is 1. The Bertz CT molecular complexity index is 850. The van der Waals surface area contributed by atoms with Gasteiger partial charge in [-0.25, -0.2) is 0 Å². The quantitative estimate of drug-likeness (QED) is 0.619. The summed E-state index contributed by atoms with van der Waals surface area (Å²) in [4.78, 5) is 11.5. The van der Waals surface area contributed by atoms with Crippen molar-refractivity contribution in [2.24, 2.45) is 0 Å². The van der Waals surface area contributed by atoms with Gasteiger partial charge in [0.05, 0.1) is 14.4 Å². The molecular weight excluding hydrogens is 363 g/mol. The number of carbonyl (C=O) groups is 1. The highest BCUT2D eigenvalue weighted by Crippen LogP contribution is 2.35. The Morgan fingerprint density at radius 2 is 1.78 bits per heavy atom. The first-order valence-corrected chi connectivity index (χ1v) is 9.99. The molecule has 146 valence electrons. The highest BCUT2D eigenvalue weighted by Gasteiger charge is 2.24. The lowest BCUT2D eigenvalue weighted by Gasteiger charge is -2.21. The van der Waals surface area contributed by atoms with Crippen molar-refractivity contribution >= 4 is 14.4 Å². The molecule has 0 aliphatic rings. The molecule has 5 nitrogen and oxygen atoms in total. The highest BCUT2D eigenvalue weighted by atomic mass is 31.1. The molecular formula is C21H27O5P. The summed E-state index contributed by atoms with van der Waals surface area (Å²) in [5.74, 6) is -1.71. The van der Waals surface area contributed by atoms with Crippen LogP contribution in [0, 0.1) is 13.8 Å². The third-order valence-corrected chi connectivity index (χ3v) is 5.86. The molecule has 3 unspecified atom stereocenters. The number of phenolic OH excluding ortho intramolecular Hbond substituents is 1. The predicted molar refractivity (Wildman–Crippen MR) is 107 cm³/mol. The molecule has 0 saturated heterocycles. The molecule has 0 aromatic heterocycles. The van der Waals surface area contributed by atoms with E-state index in [4.69, 9.17) is 0 Å². The number of aromatic hydroxyl groups is 1. The van der Waals surface area contributed by atoms with Gasteiger partial charge >= 0.3 is 5.97 Å². The molecule has 3 atom stereocenters. The number of carboxylic acid groups (broad SMARTS) is 1. The highest BCUT2D eigenvalue weighted by molar-refractivity contribution is 7.25. The van der Waals surface area contributed by atoms with Crippen molar-refractivity contribution in [3.63, 3.8) is 0 Å². The zero-order valence-corrected chi connectivity index (χ0v) is 17.3. The van der Waals surface area contributed by atoms with Crippen LogP contribution in [0.5, 0.6) is 5.75 Å². The minimum atomic E-state index is -1.36. The summed E-state index contributed by atoms with van der Waals surface area (Å²) in [6, 6.07) is 8.78. The van der Waals surface area contributed by atoms with E-state index in [1.54, 1.807) is 32.0 Å². The molecule has 0 bridgehead atoms. The zero-order valence-electron chi connectivity index (χ0n) is 16.1. The van der Waals surface area contributed by atoms with Gasteiger partial charge in [0.25, 0.3) is 0 Å². The molecule has 2 rings (SSSR count). The van der Waals surface area contributed by atoms with Crippen molar-refractivity contribution < 1.29 is 24.7 Å². The number of hydrogen-bond acceptors (Lipinski definition) is 4. The third kappa shape index (κ3) is 4.60. The van der Waals surface area contributed by atoms with E-state index in [-0.39, 0.29) is 5.75 Å². The van der Waals surface area contributed by atoms with E-state index in [9.17, 15) is 24.7 Å². The number of phenols is 1. The lowest BCUT2D eigenvalue weighted by Crippen LogP contribution is -2.14. The number of rotatable bonds is 7. The lowest BCUT2D eigenvalue weighted by molar-refractivity contribution is -0.138. The van der Waals surface area contributed by atoms with E-state index in [0.717, 1.165) is 22.3 Å². The number of carboxylic acids is 1. The molecule has 0 amide bonds. The molecule has 3 N–H and O–H groups in total. The SMILES string of the molecule is CCC(C(=O)O)c1cc(Cc2c(C)cc(C(C)(O)[PH2]=O)cc2C)ccc1O. The molecule has 0 aliphatic heterocycles. The van der Waals surface area contributed by atoms with E-state index in [2.05, 4.69) is 0 Å². The zero-order chi connectivity index (χ0) is 20.4. The van der Waals surface area contributed by atoms with Crippen LogP contribution in [-0.2, 0) is 21.1 Å². The van der Waals surface area contributed by atoms with E-state index in [0.29, 0.717) is 24.0 Å². The van der Waals surface area contributed by atoms with Gasteiger partial charge in [0.1, 0.15) is 11.1 Å². The van der Waals surface area contributed by atoms with Crippen LogP contribution in [0.2, 0.25) is 0 Å². The van der Waals surface area contributed by atoms with Crippen LogP contribution < -0.4 is 0 Å². The van der Waals surface area contributed by atoms with Crippen molar-refractivity contribution in [2.45, 2.75) is 51.8 Å². The maximum absolute atomic E-state index is 11.5. The van der Waals surface area contributed by atoms with Crippen molar-refractivity contribution in [1.82, 2.24) is 0 Å². The van der Waals surface area contributed by atoms with E-state index < -0.39 is 25.7 Å². The van der Waals surface area contributed by atoms with Crippen LogP contribution in [0.25, 0.3) is 0 Å². The van der Waals surface area contributed by atoms with E-state index in [1.165, 1.54) is 0 Å². The Hall–Kier alpha value is -2.10. The van der Waals surface area contributed by atoms with Crippen molar-refractivity contribution in [3.8, 4) is 5.75 Å². The Labute approximate surface area is 160 Å². The Kier molecular flexibility index (Phi) is 6.50. The molecule has 2 aromatic rings. The fourth-order valence-electron chi connectivity index (χ4n) is 3.36. The summed E-state index contributed by atoms with van der Waals surface area (Å²) < 4.78 is 11.3. The minimum absolute atomic E-state index is 0.00809. The molecule has 0 radical (unpaired) electrons. The maximum atomic E-state index is 11.5. The first kappa shape index (κ1) is 21.2. The van der Waals surface area contributed by atoms with Gasteiger partial charge in [-0.1, -0.05) is 31.2 Å². The molecule has 27 heavy (non-hydrogen) atoms. The fourth-order valence-corrected chi connectivity index (χ4v) is 3.66. The predicted octanol–water partition coefficient (Wildman–Crippen LogP) is 4.10. The summed E-state index contributed by atoms with van der Waals surface area (Å²) in [6.07, 6.45) is 0.972. The number of aryl methyl sites for hydroxylation is 2. The van der Waals surface area contributed by atoms with Crippen LogP contribution in [0.4, 0.5) is 0 Å². The summed E-state index contributed by atoms with van der Waals surface area (Å²) in [6.45, 7) is 7.21. The second-order valence-corrected chi connectivity index (χ2v) is 8.58. The average Bonchev–Trinajstić information content (AvgIpc) is 2.60. The molecule has 2 aromatic carbocycles. The summed E-state index contributed by atoms with van der Waals surface area (Å²) >= 11 is 0. The van der Waals surface area contributed by atoms with Gasteiger partial charge in [-0.05, 0) is 67.5 Å². The van der Waals surface area contributed by atoms with Gasteiger partial charge < -0.3 is 19.9 Å². The Morgan fingerprint density at radius 1 is 1.19 bits per heavy atom. The van der Waals surface area contributed by atoms with Crippen LogP contribution in [0.3, 0.4) is 0 Å². The second-order valence-electron chi connectivity index (χ2n) is 7.22. The number of benzene rings is 2. The molecule has 0 heterocycles. The maximum Gasteiger partial charge on any atom is 0.311 e. The standard InChI is InChI=1S/C21H27O5P/c1-5-16(20(23)24)18-11-14(6-7-19(18)22)10-17-12(2)8-15(9-13(17)3)21(4,25)27-26/h6-9,11,16,22,25H,5,10,27H2,1-4H3,(H,23,24). The monoisotopic (exact) mass is 390 g/mol. The van der Waals surface area contributed by atoms with Gasteiger partial charge in [0.15, 0.2) is 0 Å². The van der Waals surface area contributed by atoms with Crippen molar-refractivity contribution in [3.05, 3.63) is 63.7 Å². The first-order chi connectivity index (χ1) is 12.6. The van der Waals surface area contributed by atoms with Crippen LogP contribution >= 0.6 is 8.46 Å². The largest absolute Gasteiger partial charge is 0.508 e. The number of hydrogen-bond donors (Lipinski definition) is 3. The Morgan fingerprint density at radius 3 is 2.26 bits per heavy atom. The number of aliphatic carboxylic acids is 1. The van der Waals surface area contributed by atoms with Crippen LogP contribution in [0.1, 0.15) is 59.6 Å². The summed E-state index contributed by atoms with van der Waals surface area (Å²) in [5, 5.41) is 28.4. The van der Waals surface area contributed by atoms with Crippen LogP contribution in [0.15, 0.2) is 30.3 Å². The van der Waals surface area contributed by atoms with E-state index >= 15 is 0 Å². The second kappa shape index (κ2) is 8.28. The summed E-state index contributed by atoms with van der Waals surface area (Å²) in [5.41, 5.74) is 4.97. The Balaban J connectivity index is 2.43. The normalized spacial score (nSPS) is 15.0. The van der Waals surface area contributed by atoms with Crippen molar-refractivity contribution in [1.29, 1.82) is 0 Å². The van der Waals surface area contributed by atoms with Gasteiger partial charge in [0, 0.05) is 5.56 Å². The van der Waals surface area contributed by atoms with Gasteiger partial charge in [0.2, 0.25) is 0 Å². The van der Waals surface area contributed by atoms with Gasteiger partial charge in [-0.2, -0.15) is 0 Å². The first-order valence-electron chi connectivity index (χ1n) is 8.94. The molecule has 0 spiro atoms. The topological polar surface area (TPSA) is 94.8 Å². The molecule has 0 saturated carbocycles. The molecule has 6 heteroatoms. The van der Waals surface area contributed by atoms with Gasteiger partial charge in [-0.3, -0.25) is 4.79 Å². The summed E-state index contributed by atoms with van der Waals surface area (Å²) in [7, 11) is -1.36. The fraction of sp³-hybridized carbons (Fsp3) is 0.381. The average molecular weight is 390 g/mol. The minimum Gasteiger partial charge on any atom is -0.508 e. The van der Waals surface area contributed by atoms with Gasteiger partial charge in [-0.15, -0.1) is 0 Å². The smallest absolute Gasteiger partial charge is 0.311 e. The molecule has 0 aliphatic carbocycles. The van der Waals surface area contributed by atoms with E-state index in [1.807, 2.05) is 26.0 Å². The van der Waals surface area contributed by atoms with Crippen LogP contribution in [-0.4, -0.2) is 21.3 Å².